The van der Waals surface area contributed by atoms with Gasteiger partial charge in [0.25, 0.3) is 0 Å². The molecule has 0 saturated heterocycles. The second kappa shape index (κ2) is 4.38. The van der Waals surface area contributed by atoms with Crippen molar-refractivity contribution in [2.24, 2.45) is 0 Å². The maximum Gasteiger partial charge on any atom is 0.138 e. The summed E-state index contributed by atoms with van der Waals surface area (Å²) in [5, 5.41) is 0. The van der Waals surface area contributed by atoms with Crippen molar-refractivity contribution >= 4 is 32.7 Å². The van der Waals surface area contributed by atoms with Gasteiger partial charge in [-0.05, 0) is 71.2 Å². The number of fused-ring (bicyclic) bond motifs is 1. The molecule has 3 nitrogen and oxygen atoms in total. The van der Waals surface area contributed by atoms with Crippen LogP contribution < -0.4 is 5.73 Å². The largest absolute Gasteiger partial charge is 0.398 e. The van der Waals surface area contributed by atoms with Gasteiger partial charge < -0.3 is 10.7 Å². The molecular formula is C15H14BrN3. The predicted octanol–water partition coefficient (Wildman–Crippen LogP) is 4.19. The Morgan fingerprint density at radius 1 is 1.11 bits per heavy atom. The molecule has 1 aromatic heterocycles. The lowest BCUT2D eigenvalue weighted by atomic mass is 10.1. The van der Waals surface area contributed by atoms with E-state index in [0.29, 0.717) is 0 Å². The van der Waals surface area contributed by atoms with E-state index in [1.807, 2.05) is 18.2 Å². The fourth-order valence-corrected chi connectivity index (χ4v) is 2.46. The van der Waals surface area contributed by atoms with Gasteiger partial charge in [0.15, 0.2) is 0 Å². The monoisotopic (exact) mass is 315 g/mol. The Hall–Kier alpha value is -1.81. The lowest BCUT2D eigenvalue weighted by molar-refractivity contribution is 1.33. The van der Waals surface area contributed by atoms with Crippen LogP contribution in [0.15, 0.2) is 34.8 Å². The normalized spacial score (nSPS) is 11.1. The van der Waals surface area contributed by atoms with Crippen molar-refractivity contribution in [1.29, 1.82) is 0 Å². The first-order chi connectivity index (χ1) is 9.04. The molecular weight excluding hydrogens is 302 g/mol. The van der Waals surface area contributed by atoms with E-state index < -0.39 is 0 Å². The van der Waals surface area contributed by atoms with Crippen LogP contribution >= 0.6 is 15.9 Å². The van der Waals surface area contributed by atoms with Crippen molar-refractivity contribution in [3.05, 3.63) is 45.9 Å². The van der Waals surface area contributed by atoms with Crippen LogP contribution in [0.2, 0.25) is 0 Å². The zero-order valence-electron chi connectivity index (χ0n) is 10.8. The first kappa shape index (κ1) is 12.2. The summed E-state index contributed by atoms with van der Waals surface area (Å²) in [5.74, 6) is 0.862. The molecule has 0 radical (unpaired) electrons. The van der Waals surface area contributed by atoms with Crippen LogP contribution in [0.25, 0.3) is 22.4 Å². The standard InChI is InChI=1S/C15H14BrN3/c1-8-5-13-14(6-9(8)2)19-15(18-13)10-3-4-12(17)11(16)7-10/h3-7H,17H2,1-2H3,(H,18,19). The second-order valence-corrected chi connectivity index (χ2v) is 5.63. The highest BCUT2D eigenvalue weighted by Crippen LogP contribution is 2.27. The summed E-state index contributed by atoms with van der Waals surface area (Å²) < 4.78 is 0.887. The second-order valence-electron chi connectivity index (χ2n) is 4.78. The molecule has 3 rings (SSSR count). The molecule has 1 heterocycles. The Balaban J connectivity index is 2.17. The first-order valence-electron chi connectivity index (χ1n) is 6.07. The van der Waals surface area contributed by atoms with E-state index in [1.54, 1.807) is 0 Å². The van der Waals surface area contributed by atoms with E-state index in [0.717, 1.165) is 32.6 Å². The number of nitrogen functional groups attached to an aromatic ring is 1. The van der Waals surface area contributed by atoms with Gasteiger partial charge in [0.1, 0.15) is 5.82 Å². The number of hydrogen-bond acceptors (Lipinski definition) is 2. The van der Waals surface area contributed by atoms with Crippen LogP contribution in [-0.4, -0.2) is 9.97 Å². The average molecular weight is 316 g/mol. The molecule has 0 atom stereocenters. The van der Waals surface area contributed by atoms with Gasteiger partial charge in [-0.25, -0.2) is 4.98 Å². The highest BCUT2D eigenvalue weighted by Gasteiger charge is 2.08. The Morgan fingerprint density at radius 3 is 2.58 bits per heavy atom. The number of halogens is 1. The van der Waals surface area contributed by atoms with E-state index in [1.165, 1.54) is 11.1 Å². The van der Waals surface area contributed by atoms with E-state index in [4.69, 9.17) is 5.73 Å². The number of imidazole rings is 1. The molecule has 4 heteroatoms. The topological polar surface area (TPSA) is 54.7 Å². The summed E-state index contributed by atoms with van der Waals surface area (Å²) >= 11 is 3.44. The summed E-state index contributed by atoms with van der Waals surface area (Å²) in [5.41, 5.74) is 12.1. The fraction of sp³-hybridized carbons (Fsp3) is 0.133. The van der Waals surface area contributed by atoms with Crippen LogP contribution in [0, 0.1) is 13.8 Å². The third-order valence-electron chi connectivity index (χ3n) is 3.37. The Morgan fingerprint density at radius 2 is 1.84 bits per heavy atom. The molecule has 0 aliphatic rings. The minimum absolute atomic E-state index is 0.728. The molecule has 96 valence electrons. The molecule has 0 amide bonds. The predicted molar refractivity (Wildman–Crippen MR) is 83.1 cm³/mol. The van der Waals surface area contributed by atoms with Crippen molar-refractivity contribution < 1.29 is 0 Å². The molecule has 0 aliphatic carbocycles. The van der Waals surface area contributed by atoms with Gasteiger partial charge >= 0.3 is 0 Å². The number of H-pyrrole nitrogens is 1. The third kappa shape index (κ3) is 2.12. The number of hydrogen-bond donors (Lipinski definition) is 2. The number of aryl methyl sites for hydroxylation is 2. The van der Waals surface area contributed by atoms with Crippen molar-refractivity contribution in [1.82, 2.24) is 9.97 Å². The van der Waals surface area contributed by atoms with Crippen LogP contribution in [0.3, 0.4) is 0 Å². The number of benzene rings is 2. The van der Waals surface area contributed by atoms with Crippen LogP contribution in [0.4, 0.5) is 5.69 Å². The minimum atomic E-state index is 0.728. The van der Waals surface area contributed by atoms with E-state index >= 15 is 0 Å². The van der Waals surface area contributed by atoms with Crippen LogP contribution in [0.5, 0.6) is 0 Å². The maximum absolute atomic E-state index is 5.80. The molecule has 0 spiro atoms. The maximum atomic E-state index is 5.80. The molecule has 0 fully saturated rings. The summed E-state index contributed by atoms with van der Waals surface area (Å²) in [6.45, 7) is 4.21. The fourth-order valence-electron chi connectivity index (χ4n) is 2.08. The highest BCUT2D eigenvalue weighted by molar-refractivity contribution is 9.10. The molecule has 19 heavy (non-hydrogen) atoms. The number of nitrogens with zero attached hydrogens (tertiary/aromatic N) is 1. The van der Waals surface area contributed by atoms with Gasteiger partial charge in [-0.3, -0.25) is 0 Å². The average Bonchev–Trinajstić information content (AvgIpc) is 2.76. The lowest BCUT2D eigenvalue weighted by Gasteiger charge is -2.00. The van der Waals surface area contributed by atoms with E-state index in [2.05, 4.69) is 51.9 Å². The molecule has 0 unspecified atom stereocenters. The minimum Gasteiger partial charge on any atom is -0.398 e. The van der Waals surface area contributed by atoms with Gasteiger partial charge in [0.05, 0.1) is 11.0 Å². The molecule has 0 bridgehead atoms. The van der Waals surface area contributed by atoms with Crippen molar-refractivity contribution in [2.45, 2.75) is 13.8 Å². The molecule has 2 aromatic carbocycles. The zero-order valence-corrected chi connectivity index (χ0v) is 12.4. The summed E-state index contributed by atoms with van der Waals surface area (Å²) in [6.07, 6.45) is 0. The highest BCUT2D eigenvalue weighted by atomic mass is 79.9. The van der Waals surface area contributed by atoms with Gasteiger partial charge in [-0.1, -0.05) is 0 Å². The van der Waals surface area contributed by atoms with Crippen LogP contribution in [-0.2, 0) is 0 Å². The quantitative estimate of drug-likeness (QED) is 0.661. The summed E-state index contributed by atoms with van der Waals surface area (Å²) in [7, 11) is 0. The molecule has 0 aliphatic heterocycles. The number of aromatic nitrogens is 2. The van der Waals surface area contributed by atoms with Crippen molar-refractivity contribution in [3.63, 3.8) is 0 Å². The smallest absolute Gasteiger partial charge is 0.138 e. The summed E-state index contributed by atoms with van der Waals surface area (Å²) in [4.78, 5) is 7.99. The molecule has 3 N–H and O–H groups in total. The number of nitrogens with two attached hydrogens (primary N) is 1. The van der Waals surface area contributed by atoms with Gasteiger partial charge in [0, 0.05) is 15.7 Å². The Bertz CT molecular complexity index is 735. The van der Waals surface area contributed by atoms with Crippen LogP contribution in [0.1, 0.15) is 11.1 Å². The van der Waals surface area contributed by atoms with Gasteiger partial charge in [0.2, 0.25) is 0 Å². The number of aromatic amines is 1. The summed E-state index contributed by atoms with van der Waals surface area (Å²) in [6, 6.07) is 10.1. The third-order valence-corrected chi connectivity index (χ3v) is 4.06. The van der Waals surface area contributed by atoms with Crippen molar-refractivity contribution in [2.75, 3.05) is 5.73 Å². The van der Waals surface area contributed by atoms with Gasteiger partial charge in [-0.15, -0.1) is 0 Å². The Labute approximate surface area is 120 Å². The SMILES string of the molecule is Cc1cc2nc(-c3ccc(N)c(Br)c3)[nH]c2cc1C. The first-order valence-corrected chi connectivity index (χ1v) is 6.86. The van der Waals surface area contributed by atoms with E-state index in [9.17, 15) is 0 Å². The number of anilines is 1. The Kier molecular flexibility index (Phi) is 2.82. The number of nitrogens with one attached hydrogen (secondary N) is 1. The lowest BCUT2D eigenvalue weighted by Crippen LogP contribution is -1.87. The number of rotatable bonds is 1. The van der Waals surface area contributed by atoms with Crippen molar-refractivity contribution in [3.8, 4) is 11.4 Å². The van der Waals surface area contributed by atoms with E-state index in [-0.39, 0.29) is 0 Å². The zero-order chi connectivity index (χ0) is 13.6. The molecule has 3 aromatic rings. The van der Waals surface area contributed by atoms with Gasteiger partial charge in [-0.2, -0.15) is 0 Å². The molecule has 0 saturated carbocycles.